The zero-order chi connectivity index (χ0) is 59.6. The van der Waals surface area contributed by atoms with E-state index >= 15 is 0 Å². The summed E-state index contributed by atoms with van der Waals surface area (Å²) in [6.07, 6.45) is 4.42. The number of nitrogens with one attached hydrogen (secondary N) is 3. The van der Waals surface area contributed by atoms with Crippen LogP contribution in [-0.2, 0) is 18.9 Å². The van der Waals surface area contributed by atoms with Gasteiger partial charge in [-0.3, -0.25) is 14.4 Å². The normalized spacial score (nSPS) is 11.0. The Balaban J connectivity index is 0.000000236. The van der Waals surface area contributed by atoms with Crippen LogP contribution in [0.3, 0.4) is 0 Å². The fourth-order valence-corrected chi connectivity index (χ4v) is 6.55. The first kappa shape index (κ1) is 62.7. The molecule has 3 atom stereocenters. The van der Waals surface area contributed by atoms with Crippen molar-refractivity contribution in [3.8, 4) is 12.1 Å². The van der Waals surface area contributed by atoms with Crippen molar-refractivity contribution >= 4 is 63.5 Å². The highest BCUT2D eigenvalue weighted by atomic mass is 79.9. The molecule has 3 amide bonds. The third-order valence-electron chi connectivity index (χ3n) is 10.7. The zero-order valence-corrected chi connectivity index (χ0v) is 45.6. The van der Waals surface area contributed by atoms with Gasteiger partial charge in [0.05, 0.1) is 69.8 Å². The summed E-state index contributed by atoms with van der Waals surface area (Å²) >= 11 is 3.36. The molecule has 81 heavy (non-hydrogen) atoms. The number of ether oxygens (including phenoxy) is 4. The van der Waals surface area contributed by atoms with E-state index in [0.717, 1.165) is 52.5 Å². The van der Waals surface area contributed by atoms with Gasteiger partial charge in [0.2, 0.25) is 0 Å². The Labute approximate surface area is 470 Å². The Bertz CT molecular complexity index is 3440. The van der Waals surface area contributed by atoms with E-state index < -0.39 is 41.7 Å². The van der Waals surface area contributed by atoms with Crippen molar-refractivity contribution in [3.05, 3.63) is 200 Å². The van der Waals surface area contributed by atoms with Gasteiger partial charge in [-0.1, -0.05) is 52.3 Å². The number of hydrogen-bond donors (Lipinski definition) is 4. The lowest BCUT2D eigenvalue weighted by Crippen LogP contribution is -2.27. The van der Waals surface area contributed by atoms with Gasteiger partial charge < -0.3 is 40.0 Å². The first-order chi connectivity index (χ1) is 38.7. The minimum absolute atomic E-state index is 0.0127. The van der Waals surface area contributed by atoms with Crippen molar-refractivity contribution < 1.29 is 62.4 Å². The molecule has 414 valence electrons. The van der Waals surface area contributed by atoms with Gasteiger partial charge in [0, 0.05) is 28.7 Å². The summed E-state index contributed by atoms with van der Waals surface area (Å²) in [7, 11) is 4.93. The van der Waals surface area contributed by atoms with Crippen molar-refractivity contribution in [1.82, 2.24) is 55.8 Å². The van der Waals surface area contributed by atoms with Gasteiger partial charge in [-0.25, -0.2) is 63.8 Å². The van der Waals surface area contributed by atoms with E-state index in [2.05, 4.69) is 90.7 Å². The number of carboxylic acid groups (broad SMARTS) is 1. The highest BCUT2D eigenvalue weighted by Crippen LogP contribution is 2.18. The summed E-state index contributed by atoms with van der Waals surface area (Å²) in [6.45, 7) is 5.45. The predicted molar refractivity (Wildman–Crippen MR) is 285 cm³/mol. The minimum Gasteiger partial charge on any atom is -0.477 e. The number of esters is 4. The molecular weight excluding hydrogens is 1120 g/mol. The molecule has 0 unspecified atom stereocenters. The molecule has 7 rings (SSSR count). The Kier molecular flexibility index (Phi) is 24.3. The molecule has 0 fully saturated rings. The summed E-state index contributed by atoms with van der Waals surface area (Å²) in [5.41, 5.74) is 3.70. The van der Waals surface area contributed by atoms with Crippen LogP contribution in [0.4, 0.5) is 0 Å². The molecule has 4 aromatic heterocycles. The minimum atomic E-state index is -1.23. The van der Waals surface area contributed by atoms with Crippen LogP contribution in [-0.4, -0.2) is 121 Å². The number of rotatable bonds is 14. The van der Waals surface area contributed by atoms with E-state index in [9.17, 15) is 38.4 Å². The van der Waals surface area contributed by atoms with Gasteiger partial charge >= 0.3 is 29.8 Å². The number of methoxy groups -OCH3 is 4. The summed E-state index contributed by atoms with van der Waals surface area (Å²) in [6, 6.07) is 29.5. The molecule has 0 spiro atoms. The first-order valence-electron chi connectivity index (χ1n) is 23.3. The van der Waals surface area contributed by atoms with Crippen molar-refractivity contribution in [2.45, 2.75) is 38.9 Å². The van der Waals surface area contributed by atoms with E-state index in [0.29, 0.717) is 11.1 Å². The van der Waals surface area contributed by atoms with Crippen LogP contribution in [0.2, 0.25) is 0 Å². The average molecular weight is 1170 g/mol. The van der Waals surface area contributed by atoms with Crippen LogP contribution < -0.4 is 16.0 Å². The van der Waals surface area contributed by atoms with E-state index in [1.54, 1.807) is 55.5 Å². The fraction of sp³-hybridized carbons (Fsp3) is 0.185. The second-order valence-electron chi connectivity index (χ2n) is 16.0. The van der Waals surface area contributed by atoms with Crippen LogP contribution in [0.25, 0.3) is 0 Å². The maximum Gasteiger partial charge on any atom is 0.356 e. The van der Waals surface area contributed by atoms with E-state index in [4.69, 9.17) is 15.6 Å². The van der Waals surface area contributed by atoms with E-state index in [-0.39, 0.29) is 69.6 Å². The maximum atomic E-state index is 12.2. The Hall–Kier alpha value is -10.8. The number of carbonyl (C=O) groups excluding carboxylic acids is 7. The fourth-order valence-electron chi connectivity index (χ4n) is 6.29. The smallest absolute Gasteiger partial charge is 0.356 e. The van der Waals surface area contributed by atoms with Gasteiger partial charge in [-0.2, -0.15) is 10.5 Å². The van der Waals surface area contributed by atoms with Crippen LogP contribution in [0.5, 0.6) is 0 Å². The second kappa shape index (κ2) is 31.4. The molecule has 0 saturated carbocycles. The topological polar surface area (TPSA) is 380 Å². The molecule has 0 aliphatic heterocycles. The van der Waals surface area contributed by atoms with Crippen molar-refractivity contribution in [2.75, 3.05) is 28.4 Å². The summed E-state index contributed by atoms with van der Waals surface area (Å²) in [4.78, 5) is 122. The molecule has 7 aromatic rings. The Morgan fingerprint density at radius 1 is 0.420 bits per heavy atom. The predicted octanol–water partition coefficient (Wildman–Crippen LogP) is 5.73. The maximum absolute atomic E-state index is 12.2. The van der Waals surface area contributed by atoms with E-state index in [1.807, 2.05) is 50.3 Å². The van der Waals surface area contributed by atoms with Crippen molar-refractivity contribution in [3.63, 3.8) is 0 Å². The molecule has 0 radical (unpaired) electrons. The van der Waals surface area contributed by atoms with Crippen LogP contribution in [0.15, 0.2) is 127 Å². The van der Waals surface area contributed by atoms with Crippen LogP contribution in [0, 0.1) is 22.7 Å². The van der Waals surface area contributed by atoms with Gasteiger partial charge in [-0.05, 0) is 73.9 Å². The summed E-state index contributed by atoms with van der Waals surface area (Å²) < 4.78 is 18.9. The lowest BCUT2D eigenvalue weighted by atomic mass is 10.1. The largest absolute Gasteiger partial charge is 0.477 e. The number of nitrogens with zero attached hydrogens (tertiary/aromatic N) is 10. The number of aromatic carboxylic acids is 1. The third kappa shape index (κ3) is 19.3. The Morgan fingerprint density at radius 2 is 0.654 bits per heavy atom. The SMILES string of the molecule is COC(=O)c1cc(C(=O)N[C@@H](C)c2ccc(Br)cc2)ncn1.COC(=O)c1cc(C(=O)N[C@@H](C)c2ccc(C#N)cc2)ncn1.COC(=O)c1cc(C(=O)OC)ncn1.C[C@H](NC(=O)c1cc(C(=O)O)ncn1)c1ccc(C#N)cc1. The third-order valence-corrected chi connectivity index (χ3v) is 11.2. The van der Waals surface area contributed by atoms with Gasteiger partial charge in [-0.15, -0.1) is 0 Å². The number of aromatic nitrogens is 8. The molecule has 27 heteroatoms. The average Bonchev–Trinajstić information content (AvgIpc) is 3.50. The summed E-state index contributed by atoms with van der Waals surface area (Å²) in [5.74, 6) is -5.05. The highest BCUT2D eigenvalue weighted by Gasteiger charge is 2.19. The van der Waals surface area contributed by atoms with Crippen LogP contribution in [0.1, 0.15) is 151 Å². The Morgan fingerprint density at radius 3 is 0.914 bits per heavy atom. The zero-order valence-electron chi connectivity index (χ0n) is 44.0. The molecule has 0 aliphatic carbocycles. The first-order valence-corrected chi connectivity index (χ1v) is 24.1. The highest BCUT2D eigenvalue weighted by molar-refractivity contribution is 9.10. The quantitative estimate of drug-likeness (QED) is 0.0746. The van der Waals surface area contributed by atoms with Gasteiger partial charge in [0.1, 0.15) is 42.4 Å². The number of carboxylic acids is 1. The van der Waals surface area contributed by atoms with E-state index in [1.165, 1.54) is 46.6 Å². The van der Waals surface area contributed by atoms with Gasteiger partial charge in [0.15, 0.2) is 28.5 Å². The molecule has 4 N–H and O–H groups in total. The molecule has 4 heterocycles. The molecular formula is C54H48BrN13O13. The van der Waals surface area contributed by atoms with Crippen molar-refractivity contribution in [2.24, 2.45) is 0 Å². The number of amides is 3. The second-order valence-corrected chi connectivity index (χ2v) is 16.9. The molecule has 0 aliphatic rings. The number of nitriles is 2. The summed E-state index contributed by atoms with van der Waals surface area (Å²) in [5, 5.41) is 34.7. The standard InChI is InChI=1S/C16H14N4O3.C15H14BrN3O3.C15H12N4O3.C8H8N2O4/c1-10(12-5-3-11(8-17)4-6-12)20-15(21)13-7-14(16(22)23-2)19-9-18-13;1-9(10-3-5-11(16)6-4-10)19-14(20)12-7-13(15(21)22-2)18-8-17-12;1-9(11-4-2-10(7-16)3-5-11)19-14(20)12-6-13(15(21)22)18-8-17-12;1-13-7(11)5-3-6(8(12)14-2)10-4-9-5/h3-7,9-10H,1-2H3,(H,20,21);3-9H,1-2H3,(H,19,20);2-6,8-9H,1H3,(H,19,20)(H,21,22);3-4H,1-2H3/t10-;2*9-;/m000./s1. The number of halogens is 1. The monoisotopic (exact) mass is 1170 g/mol. The number of hydrogen-bond acceptors (Lipinski definition) is 22. The lowest BCUT2D eigenvalue weighted by molar-refractivity contribution is 0.0577. The number of benzene rings is 3. The molecule has 0 saturated heterocycles. The number of carbonyl (C=O) groups is 8. The molecule has 3 aromatic carbocycles. The molecule has 0 bridgehead atoms. The van der Waals surface area contributed by atoms with Gasteiger partial charge in [0.25, 0.3) is 17.7 Å². The van der Waals surface area contributed by atoms with Crippen LogP contribution >= 0.6 is 15.9 Å². The van der Waals surface area contributed by atoms with Crippen molar-refractivity contribution in [1.29, 1.82) is 10.5 Å². The lowest BCUT2D eigenvalue weighted by Gasteiger charge is -2.14. The molecule has 26 nitrogen and oxygen atoms in total.